The summed E-state index contributed by atoms with van der Waals surface area (Å²) >= 11 is 30.3. The van der Waals surface area contributed by atoms with Gasteiger partial charge in [-0.25, -0.2) is 42.5 Å². The first-order valence-corrected chi connectivity index (χ1v) is 41.2. The predicted octanol–water partition coefficient (Wildman–Crippen LogP) is 21.6. The van der Waals surface area contributed by atoms with Gasteiger partial charge in [0.2, 0.25) is 10.6 Å². The van der Waals surface area contributed by atoms with E-state index in [1.165, 1.54) is 79.1 Å². The van der Waals surface area contributed by atoms with Crippen molar-refractivity contribution in [3.05, 3.63) is 242 Å². The van der Waals surface area contributed by atoms with Gasteiger partial charge in [0.05, 0.1) is 46.5 Å². The zero-order valence-corrected chi connectivity index (χ0v) is 70.9. The second-order valence-electron chi connectivity index (χ2n) is 26.0. The minimum atomic E-state index is -0.472. The molecule has 31 heteroatoms. The Balaban J connectivity index is 0.000000161. The Morgan fingerprint density at radius 2 is 0.789 bits per heavy atom. The fraction of sp³-hybridized carbons (Fsp3) is 0.313. The van der Waals surface area contributed by atoms with Crippen LogP contribution in [0.3, 0.4) is 0 Å². The molecule has 3 aliphatic heterocycles. The summed E-state index contributed by atoms with van der Waals surface area (Å²) in [6.45, 7) is 9.83. The van der Waals surface area contributed by atoms with Crippen LogP contribution in [0.25, 0.3) is 49.4 Å². The molecule has 8 N–H and O–H groups in total. The van der Waals surface area contributed by atoms with E-state index in [-0.39, 0.29) is 52.6 Å². The summed E-state index contributed by atoms with van der Waals surface area (Å²) < 4.78 is 74.3. The van der Waals surface area contributed by atoms with E-state index < -0.39 is 12.3 Å². The zero-order valence-electron chi connectivity index (χ0n) is 62.3. The number of rotatable bonds is 10. The third-order valence-electron chi connectivity index (χ3n) is 18.8. The molecular weight excluding hydrogens is 1790 g/mol. The molecule has 0 saturated carbocycles. The number of benzene rings is 8. The largest absolute Gasteiger partial charge is 0.412 e. The monoisotopic (exact) mass is 1870 g/mol. The van der Waals surface area contributed by atoms with Gasteiger partial charge in [-0.3, -0.25) is 16.1 Å². The number of aryl methyl sites for hydroxylation is 5. The van der Waals surface area contributed by atoms with Crippen molar-refractivity contribution in [1.29, 1.82) is 0 Å². The second-order valence-corrected chi connectivity index (χ2v) is 30.5. The van der Waals surface area contributed by atoms with Crippen LogP contribution in [0.5, 0.6) is 0 Å². The lowest BCUT2D eigenvalue weighted by molar-refractivity contribution is -0.282. The number of aromatic nitrogens is 10. The van der Waals surface area contributed by atoms with Crippen LogP contribution in [0.4, 0.5) is 52.1 Å². The highest BCUT2D eigenvalue weighted by atomic mass is 79.9. The number of hydrogen-bond donors (Lipinski definition) is 3. The van der Waals surface area contributed by atoms with Crippen molar-refractivity contribution in [2.45, 2.75) is 131 Å². The predicted molar refractivity (Wildman–Crippen MR) is 465 cm³/mol. The van der Waals surface area contributed by atoms with Crippen molar-refractivity contribution in [3.8, 4) is 0 Å². The lowest BCUT2D eigenvalue weighted by Gasteiger charge is -2.25. The highest BCUT2D eigenvalue weighted by Crippen LogP contribution is 2.41. The van der Waals surface area contributed by atoms with Crippen LogP contribution in [0, 0.1) is 23.3 Å². The summed E-state index contributed by atoms with van der Waals surface area (Å²) in [4.78, 5) is 36.7. The van der Waals surface area contributed by atoms with E-state index >= 15 is 0 Å². The van der Waals surface area contributed by atoms with E-state index in [1.807, 2.05) is 45.0 Å². The minimum Gasteiger partial charge on any atom is -0.412 e. The number of hydrogen-bond acceptors (Lipinski definition) is 18. The van der Waals surface area contributed by atoms with Crippen LogP contribution in [0.15, 0.2) is 170 Å². The van der Waals surface area contributed by atoms with Gasteiger partial charge in [0.1, 0.15) is 58.0 Å². The van der Waals surface area contributed by atoms with Gasteiger partial charge in [0.15, 0.2) is 0 Å². The summed E-state index contributed by atoms with van der Waals surface area (Å²) in [5, 5.41) is 11.0. The summed E-state index contributed by atoms with van der Waals surface area (Å²) in [5.74, 6) is 9.80. The number of hydrazine groups is 1. The molecule has 17 rings (SSSR count). The third-order valence-corrected chi connectivity index (χ3v) is 21.9. The Kier molecular flexibility index (Phi) is 34.8. The van der Waals surface area contributed by atoms with Crippen LogP contribution in [0.2, 0.25) is 15.7 Å². The van der Waals surface area contributed by atoms with Gasteiger partial charge in [0.25, 0.3) is 12.3 Å². The SMILES string of the molecule is C.CCOC(OCC)OCC.Fc1cc2c(Cl)nc(Cl)nc2cc1Br.Fc1cc2c(N3CCCCc4ccccc43)nc(Cl)nc2cc1Br.Fc1cc2c(N3CCCCc4ccccc43)nc3nncn3c2cc1Br.NCc1nc(N2CCCCc3ccccc32)c2cc(F)c(Br)cc2n1.NN.O.c1ccc2c(c1)CCCCC2. The number of ether oxygens (including phenoxy) is 3. The van der Waals surface area contributed by atoms with Gasteiger partial charge in [0, 0.05) is 78.1 Å². The van der Waals surface area contributed by atoms with E-state index in [1.54, 1.807) is 40.1 Å². The second kappa shape index (κ2) is 44.0. The lowest BCUT2D eigenvalue weighted by Crippen LogP contribution is -2.21. The Hall–Kier alpha value is -7.78. The molecule has 0 fully saturated rings. The molecule has 0 spiro atoms. The average Bonchev–Trinajstić information content (AvgIpc) is 1.44. The van der Waals surface area contributed by atoms with E-state index in [9.17, 15) is 17.6 Å². The Morgan fingerprint density at radius 1 is 0.430 bits per heavy atom. The summed E-state index contributed by atoms with van der Waals surface area (Å²) in [6.07, 6.45) is 18.0. The molecule has 114 heavy (non-hydrogen) atoms. The Bertz CT molecular complexity index is 5360. The molecule has 0 amide bonds. The molecule has 8 aromatic carbocycles. The molecule has 602 valence electrons. The normalized spacial score (nSPS) is 13.5. The molecule has 0 radical (unpaired) electrons. The molecule has 8 heterocycles. The van der Waals surface area contributed by atoms with Crippen molar-refractivity contribution in [1.82, 2.24) is 49.5 Å². The van der Waals surface area contributed by atoms with E-state index in [0.29, 0.717) is 87.8 Å². The van der Waals surface area contributed by atoms with Crippen LogP contribution in [0.1, 0.15) is 120 Å². The molecule has 0 unspecified atom stereocenters. The highest BCUT2D eigenvalue weighted by molar-refractivity contribution is 9.11. The van der Waals surface area contributed by atoms with Crippen molar-refractivity contribution in [2.24, 2.45) is 17.4 Å². The van der Waals surface area contributed by atoms with Gasteiger partial charge in [-0.15, -0.1) is 10.2 Å². The Morgan fingerprint density at radius 3 is 1.24 bits per heavy atom. The van der Waals surface area contributed by atoms with E-state index in [4.69, 9.17) is 59.7 Å². The molecular formula is C83H89Br4Cl3F4N16O4. The zero-order chi connectivity index (χ0) is 79.4. The van der Waals surface area contributed by atoms with Crippen molar-refractivity contribution in [2.75, 3.05) is 54.2 Å². The quantitative estimate of drug-likeness (QED) is 0.0218. The lowest BCUT2D eigenvalue weighted by atomic mass is 10.0. The highest BCUT2D eigenvalue weighted by Gasteiger charge is 2.26. The first-order chi connectivity index (χ1) is 54.4. The number of nitrogens with two attached hydrogens (primary N) is 3. The molecule has 5 aromatic heterocycles. The standard InChI is InChI=1S/C19H15BrFN5.C19H18BrFN4.C18H14BrClFN3.C11H14.C8H2BrCl2FN2.C7H16O3.CH4.H4N2.H2O/c20-14-10-17-13(9-15(14)21)18(23-19-24-22-11-26(17)19)25-8-4-3-6-12-5-1-2-7-16(12)25;20-14-10-16-13(9-15(14)21)19(24-18(11-22)23-16)25-8-4-3-6-12-5-1-2-7-17(12)25;19-13-10-15-12(9-14(13)21)17(23-18(20)22-15)24-8-4-3-6-11-5-1-2-7-16(11)24;1-2-6-10-8-4-5-9-11(10)7-3-1;9-4-2-6-3(1-5(4)12)7(10)14-8(11)13-6;1-4-8-7(9-5-2)10-6-3;;1-2;/h1-2,5,7,9-11H,3-4,6,8H2;1-2,5,7,9-10H,3-4,6,8,11,22H2;1-2,5,7,9-10H,3-4,6,8H2;4-5,8-9H,1-3,6-7H2;1-2H;7H,4-6H2,1-3H3;1H4;1-2H2;1H2. The van der Waals surface area contributed by atoms with Gasteiger partial charge in [-0.2, -0.15) is 9.97 Å². The van der Waals surface area contributed by atoms with E-state index in [2.05, 4.69) is 203 Å². The van der Waals surface area contributed by atoms with Gasteiger partial charge in [-0.1, -0.05) is 104 Å². The van der Waals surface area contributed by atoms with E-state index in [0.717, 1.165) is 117 Å². The molecule has 4 aliphatic rings. The maximum Gasteiger partial charge on any atom is 0.271 e. The summed E-state index contributed by atoms with van der Waals surface area (Å²) in [6, 6.07) is 46.2. The van der Waals surface area contributed by atoms with Crippen LogP contribution >= 0.6 is 98.5 Å². The van der Waals surface area contributed by atoms with Gasteiger partial charge < -0.3 is 40.1 Å². The number of nitrogens with zero attached hydrogens (tertiary/aromatic N) is 13. The van der Waals surface area contributed by atoms with Crippen LogP contribution < -0.4 is 32.1 Å². The molecule has 1 aliphatic carbocycles. The molecule has 0 bridgehead atoms. The van der Waals surface area contributed by atoms with Crippen molar-refractivity contribution in [3.63, 3.8) is 0 Å². The molecule has 13 aromatic rings. The molecule has 0 saturated heterocycles. The molecule has 0 atom stereocenters. The molecule has 20 nitrogen and oxygen atoms in total. The Labute approximate surface area is 708 Å². The first-order valence-electron chi connectivity index (χ1n) is 36.9. The number of para-hydroxylation sites is 3. The van der Waals surface area contributed by atoms with Crippen LogP contribution in [-0.2, 0) is 52.9 Å². The van der Waals surface area contributed by atoms with Gasteiger partial charge >= 0.3 is 0 Å². The number of fused-ring (bicyclic) bond motifs is 10. The average molecular weight is 1880 g/mol. The first kappa shape index (κ1) is 90.1. The van der Waals surface area contributed by atoms with Crippen LogP contribution in [-0.4, -0.2) is 101 Å². The number of halogens is 11. The van der Waals surface area contributed by atoms with Gasteiger partial charge in [-0.05, 0) is 286 Å². The maximum atomic E-state index is 14.4. The fourth-order valence-electron chi connectivity index (χ4n) is 13.7. The van der Waals surface area contributed by atoms with Crippen molar-refractivity contribution >= 4 is 182 Å². The fourth-order valence-corrected chi connectivity index (χ4v) is 15.6. The summed E-state index contributed by atoms with van der Waals surface area (Å²) in [7, 11) is 0. The number of anilines is 6. The topological polar surface area (TPSA) is 267 Å². The summed E-state index contributed by atoms with van der Waals surface area (Å²) in [5.41, 5.74) is 18.8. The maximum absolute atomic E-state index is 14.4. The smallest absolute Gasteiger partial charge is 0.271 e. The third kappa shape index (κ3) is 22.5. The van der Waals surface area contributed by atoms with Crippen molar-refractivity contribution < 1.29 is 37.2 Å². The minimum absolute atomic E-state index is 0.